The van der Waals surface area contributed by atoms with Crippen LogP contribution in [-0.2, 0) is 11.3 Å². The molecule has 1 amide bonds. The van der Waals surface area contributed by atoms with Crippen molar-refractivity contribution in [2.24, 2.45) is 0 Å². The highest BCUT2D eigenvalue weighted by Gasteiger charge is 2.27. The van der Waals surface area contributed by atoms with E-state index in [9.17, 15) is 4.79 Å². The van der Waals surface area contributed by atoms with Crippen LogP contribution in [-0.4, -0.2) is 69.5 Å². The van der Waals surface area contributed by atoms with E-state index < -0.39 is 0 Å². The van der Waals surface area contributed by atoms with Gasteiger partial charge in [0.25, 0.3) is 5.91 Å². The van der Waals surface area contributed by atoms with E-state index in [4.69, 9.17) is 23.9 Å². The van der Waals surface area contributed by atoms with Crippen molar-refractivity contribution in [2.75, 3.05) is 52.5 Å². The molecule has 5 rings (SSSR count). The molecule has 2 fully saturated rings. The summed E-state index contributed by atoms with van der Waals surface area (Å²) in [5.74, 6) is 2.79. The van der Waals surface area contributed by atoms with Gasteiger partial charge in [-0.05, 0) is 56.0 Å². The summed E-state index contributed by atoms with van der Waals surface area (Å²) in [6.07, 6.45) is 4.25. The molecule has 0 N–H and O–H groups in total. The maximum Gasteiger partial charge on any atom is 0.254 e. The zero-order chi connectivity index (χ0) is 25.8. The number of amides is 1. The average Bonchev–Trinajstić information content (AvgIpc) is 3.66. The lowest BCUT2D eigenvalue weighted by Crippen LogP contribution is -2.37. The second-order valence-corrected chi connectivity index (χ2v) is 9.65. The summed E-state index contributed by atoms with van der Waals surface area (Å²) in [5, 5.41) is 1.02. The topological polar surface area (TPSA) is 73.4 Å². The molecule has 1 unspecified atom stereocenters. The number of fused-ring (bicyclic) bond motifs is 1. The zero-order valence-electron chi connectivity index (χ0n) is 21.9. The number of pyridine rings is 1. The monoisotopic (exact) mass is 505 g/mol. The number of hydrogen-bond acceptors (Lipinski definition) is 7. The molecule has 2 aromatic carbocycles. The predicted molar refractivity (Wildman–Crippen MR) is 143 cm³/mol. The molecular weight excluding hydrogens is 470 g/mol. The highest BCUT2D eigenvalue weighted by atomic mass is 16.5. The lowest BCUT2D eigenvalue weighted by atomic mass is 10.1. The van der Waals surface area contributed by atoms with Crippen LogP contribution in [0.4, 0.5) is 5.82 Å². The molecule has 2 aliphatic heterocycles. The summed E-state index contributed by atoms with van der Waals surface area (Å²) >= 11 is 0. The minimum atomic E-state index is -0.0881. The van der Waals surface area contributed by atoms with E-state index in [0.717, 1.165) is 73.4 Å². The van der Waals surface area contributed by atoms with Crippen molar-refractivity contribution in [3.63, 3.8) is 0 Å². The van der Waals surface area contributed by atoms with E-state index in [1.807, 2.05) is 23.1 Å². The Morgan fingerprint density at radius 2 is 1.70 bits per heavy atom. The van der Waals surface area contributed by atoms with Crippen LogP contribution in [0.3, 0.4) is 0 Å². The second kappa shape index (κ2) is 11.3. The molecule has 37 heavy (non-hydrogen) atoms. The minimum absolute atomic E-state index is 0.0179. The van der Waals surface area contributed by atoms with Crippen LogP contribution < -0.4 is 19.1 Å². The standard InChI is InChI=1S/C29H35N3O5/c1-34-23-9-8-20-13-22(28(30-27(20)17-23)31-10-4-5-11-31)18-32(19-24-7-6-12-37-24)29(33)21-14-25(35-2)16-26(15-21)36-3/h8-9,13-17,24H,4-7,10-12,18-19H2,1-3H3. The van der Waals surface area contributed by atoms with E-state index >= 15 is 0 Å². The number of hydrogen-bond donors (Lipinski definition) is 0. The Labute approximate surface area is 218 Å². The van der Waals surface area contributed by atoms with Crippen molar-refractivity contribution < 1.29 is 23.7 Å². The van der Waals surface area contributed by atoms with Crippen LogP contribution in [0.2, 0.25) is 0 Å². The Kier molecular flexibility index (Phi) is 7.65. The minimum Gasteiger partial charge on any atom is -0.497 e. The number of benzene rings is 2. The molecule has 2 aliphatic rings. The summed E-state index contributed by atoms with van der Waals surface area (Å²) in [4.78, 5) is 23.3. The van der Waals surface area contributed by atoms with Crippen LogP contribution in [0.15, 0.2) is 42.5 Å². The average molecular weight is 506 g/mol. The van der Waals surface area contributed by atoms with E-state index in [1.165, 1.54) is 0 Å². The Bertz CT molecular complexity index is 1230. The Hall–Kier alpha value is -3.52. The molecule has 0 saturated carbocycles. The summed E-state index contributed by atoms with van der Waals surface area (Å²) in [6, 6.07) is 13.4. The lowest BCUT2D eigenvalue weighted by Gasteiger charge is -2.28. The molecule has 0 bridgehead atoms. The first-order valence-electron chi connectivity index (χ1n) is 12.9. The SMILES string of the molecule is COc1cc(OC)cc(C(=O)N(Cc2cc3ccc(OC)cc3nc2N2CCCC2)CC2CCCO2)c1. The van der Waals surface area contributed by atoms with Gasteiger partial charge in [0, 0.05) is 61.4 Å². The zero-order valence-corrected chi connectivity index (χ0v) is 21.9. The highest BCUT2D eigenvalue weighted by molar-refractivity contribution is 5.95. The van der Waals surface area contributed by atoms with Crippen molar-refractivity contribution in [1.29, 1.82) is 0 Å². The lowest BCUT2D eigenvalue weighted by molar-refractivity contribution is 0.0507. The van der Waals surface area contributed by atoms with Gasteiger partial charge in [-0.15, -0.1) is 0 Å². The Balaban J connectivity index is 1.54. The molecular formula is C29H35N3O5. The molecule has 0 aliphatic carbocycles. The van der Waals surface area contributed by atoms with Crippen LogP contribution in [0.5, 0.6) is 17.2 Å². The fourth-order valence-electron chi connectivity index (χ4n) is 5.20. The molecule has 8 nitrogen and oxygen atoms in total. The molecule has 196 valence electrons. The van der Waals surface area contributed by atoms with Crippen molar-refractivity contribution in [1.82, 2.24) is 9.88 Å². The van der Waals surface area contributed by atoms with Gasteiger partial charge in [0.05, 0.1) is 33.0 Å². The number of anilines is 1. The molecule has 0 spiro atoms. The predicted octanol–water partition coefficient (Wildman–Crippen LogP) is 4.68. The van der Waals surface area contributed by atoms with Crippen LogP contribution in [0, 0.1) is 0 Å². The first kappa shape index (κ1) is 25.1. The van der Waals surface area contributed by atoms with Gasteiger partial charge >= 0.3 is 0 Å². The van der Waals surface area contributed by atoms with E-state index in [0.29, 0.717) is 30.2 Å². The summed E-state index contributed by atoms with van der Waals surface area (Å²) in [7, 11) is 4.84. The molecule has 1 atom stereocenters. The smallest absolute Gasteiger partial charge is 0.254 e. The second-order valence-electron chi connectivity index (χ2n) is 9.65. The van der Waals surface area contributed by atoms with Gasteiger partial charge in [0.1, 0.15) is 23.1 Å². The number of nitrogens with zero attached hydrogens (tertiary/aromatic N) is 3. The van der Waals surface area contributed by atoms with Crippen molar-refractivity contribution in [3.05, 3.63) is 53.6 Å². The summed E-state index contributed by atoms with van der Waals surface area (Å²) in [5.41, 5.74) is 2.44. The van der Waals surface area contributed by atoms with Crippen molar-refractivity contribution >= 4 is 22.6 Å². The van der Waals surface area contributed by atoms with Gasteiger partial charge in [0.2, 0.25) is 0 Å². The largest absolute Gasteiger partial charge is 0.497 e. The number of methoxy groups -OCH3 is 3. The first-order chi connectivity index (χ1) is 18.1. The Morgan fingerprint density at radius 3 is 2.35 bits per heavy atom. The summed E-state index contributed by atoms with van der Waals surface area (Å²) in [6.45, 7) is 3.60. The van der Waals surface area contributed by atoms with Crippen molar-refractivity contribution in [3.8, 4) is 17.2 Å². The molecule has 8 heteroatoms. The van der Waals surface area contributed by atoms with Gasteiger partial charge in [-0.3, -0.25) is 4.79 Å². The normalized spacial score (nSPS) is 17.3. The third-order valence-corrected chi connectivity index (χ3v) is 7.18. The quantitative estimate of drug-likeness (QED) is 0.418. The van der Waals surface area contributed by atoms with Gasteiger partial charge in [0.15, 0.2) is 0 Å². The van der Waals surface area contributed by atoms with E-state index in [2.05, 4.69) is 11.0 Å². The molecule has 3 aromatic rings. The fraction of sp³-hybridized carbons (Fsp3) is 0.448. The van der Waals surface area contributed by atoms with Crippen molar-refractivity contribution in [2.45, 2.75) is 38.3 Å². The Morgan fingerprint density at radius 1 is 0.973 bits per heavy atom. The number of carbonyl (C=O) groups excluding carboxylic acids is 1. The molecule has 0 radical (unpaired) electrons. The maximum absolute atomic E-state index is 14.0. The number of ether oxygens (including phenoxy) is 4. The third kappa shape index (κ3) is 5.59. The number of aromatic nitrogens is 1. The van der Waals surface area contributed by atoms with Crippen LogP contribution in [0.25, 0.3) is 10.9 Å². The molecule has 1 aromatic heterocycles. The third-order valence-electron chi connectivity index (χ3n) is 7.18. The summed E-state index contributed by atoms with van der Waals surface area (Å²) < 4.78 is 22.2. The maximum atomic E-state index is 14.0. The number of rotatable bonds is 9. The van der Waals surface area contributed by atoms with Gasteiger partial charge in [-0.2, -0.15) is 0 Å². The number of carbonyl (C=O) groups is 1. The molecule has 2 saturated heterocycles. The first-order valence-corrected chi connectivity index (χ1v) is 12.9. The fourth-order valence-corrected chi connectivity index (χ4v) is 5.20. The van der Waals surface area contributed by atoms with E-state index in [-0.39, 0.29) is 12.0 Å². The van der Waals surface area contributed by atoms with E-state index in [1.54, 1.807) is 39.5 Å². The van der Waals surface area contributed by atoms with Crippen LogP contribution in [0.1, 0.15) is 41.6 Å². The van der Waals surface area contributed by atoms with Gasteiger partial charge in [-0.1, -0.05) is 0 Å². The van der Waals surface area contributed by atoms with Gasteiger partial charge in [-0.25, -0.2) is 4.98 Å². The van der Waals surface area contributed by atoms with Crippen LogP contribution >= 0.6 is 0 Å². The molecule has 3 heterocycles. The van der Waals surface area contributed by atoms with Gasteiger partial charge < -0.3 is 28.7 Å². The highest BCUT2D eigenvalue weighted by Crippen LogP contribution is 2.31.